The van der Waals surface area contributed by atoms with E-state index in [-0.39, 0.29) is 17.9 Å². The van der Waals surface area contributed by atoms with Gasteiger partial charge in [0.1, 0.15) is 6.10 Å². The molecular weight excluding hydrogens is 414 g/mol. The van der Waals surface area contributed by atoms with Crippen molar-refractivity contribution in [3.63, 3.8) is 0 Å². The van der Waals surface area contributed by atoms with E-state index in [2.05, 4.69) is 40.2 Å². The zero-order chi connectivity index (χ0) is 22.2. The molecule has 4 heterocycles. The Bertz CT molecular complexity index is 1050. The van der Waals surface area contributed by atoms with E-state index in [0.717, 1.165) is 69.7 Å². The summed E-state index contributed by atoms with van der Waals surface area (Å²) in [4.78, 5) is 25.0. The lowest BCUT2D eigenvalue weighted by molar-refractivity contribution is -0.133. The van der Waals surface area contributed by atoms with Crippen molar-refractivity contribution in [1.82, 2.24) is 9.88 Å². The number of rotatable bonds is 5. The van der Waals surface area contributed by atoms with Crippen molar-refractivity contribution in [2.75, 3.05) is 26.3 Å². The van der Waals surface area contributed by atoms with Gasteiger partial charge in [-0.05, 0) is 36.5 Å². The summed E-state index contributed by atoms with van der Waals surface area (Å²) >= 11 is 0. The highest BCUT2D eigenvalue weighted by Crippen LogP contribution is 2.47. The molecule has 172 valence electrons. The Hall–Kier alpha value is -2.73. The Kier molecular flexibility index (Phi) is 5.62. The van der Waals surface area contributed by atoms with Gasteiger partial charge < -0.3 is 14.4 Å². The molecule has 2 unspecified atom stereocenters. The first-order valence-corrected chi connectivity index (χ1v) is 12.4. The van der Waals surface area contributed by atoms with Gasteiger partial charge >= 0.3 is 0 Å². The SMILES string of the molecule is O=C(C1CC1C1=NCc2ccnc(OC3CCOCC3)c21)N1CCC[C@H](c2ccccc2)C1. The summed E-state index contributed by atoms with van der Waals surface area (Å²) in [5.41, 5.74) is 4.60. The molecule has 33 heavy (non-hydrogen) atoms. The maximum absolute atomic E-state index is 13.4. The van der Waals surface area contributed by atoms with Gasteiger partial charge in [-0.2, -0.15) is 0 Å². The van der Waals surface area contributed by atoms with Gasteiger partial charge in [0.05, 0.1) is 31.0 Å². The van der Waals surface area contributed by atoms with Crippen molar-refractivity contribution in [2.45, 2.75) is 50.7 Å². The fraction of sp³-hybridized carbons (Fsp3) is 0.519. The van der Waals surface area contributed by atoms with Crippen LogP contribution in [-0.2, 0) is 16.1 Å². The molecule has 3 fully saturated rings. The molecule has 3 aliphatic heterocycles. The first-order valence-electron chi connectivity index (χ1n) is 12.4. The monoisotopic (exact) mass is 445 g/mol. The van der Waals surface area contributed by atoms with Gasteiger partial charge in [0.2, 0.25) is 11.8 Å². The zero-order valence-electron chi connectivity index (χ0n) is 19.0. The van der Waals surface area contributed by atoms with Gasteiger partial charge in [0.15, 0.2) is 0 Å². The number of aliphatic imine (C=N–C) groups is 1. The van der Waals surface area contributed by atoms with E-state index in [9.17, 15) is 4.79 Å². The molecule has 6 nitrogen and oxygen atoms in total. The Morgan fingerprint density at radius 3 is 2.79 bits per heavy atom. The smallest absolute Gasteiger partial charge is 0.226 e. The molecule has 4 aliphatic rings. The van der Waals surface area contributed by atoms with Crippen LogP contribution in [0.15, 0.2) is 47.6 Å². The number of aromatic nitrogens is 1. The lowest BCUT2D eigenvalue weighted by Gasteiger charge is -2.33. The highest BCUT2D eigenvalue weighted by Gasteiger charge is 2.50. The summed E-state index contributed by atoms with van der Waals surface area (Å²) < 4.78 is 11.8. The first-order chi connectivity index (χ1) is 16.3. The molecule has 1 aromatic carbocycles. The molecule has 0 bridgehead atoms. The molecule has 3 atom stereocenters. The van der Waals surface area contributed by atoms with Gasteiger partial charge in [0, 0.05) is 49.9 Å². The molecule has 1 amide bonds. The Balaban J connectivity index is 1.15. The summed E-state index contributed by atoms with van der Waals surface area (Å²) in [6, 6.07) is 12.7. The molecule has 1 aliphatic carbocycles. The number of piperidine rings is 1. The summed E-state index contributed by atoms with van der Waals surface area (Å²) in [5, 5.41) is 0. The average molecular weight is 446 g/mol. The second kappa shape index (κ2) is 8.90. The topological polar surface area (TPSA) is 64.0 Å². The fourth-order valence-electron chi connectivity index (χ4n) is 5.66. The van der Waals surface area contributed by atoms with Crippen LogP contribution in [0.4, 0.5) is 0 Å². The fourth-order valence-corrected chi connectivity index (χ4v) is 5.66. The number of pyridine rings is 1. The van der Waals surface area contributed by atoms with Crippen molar-refractivity contribution in [2.24, 2.45) is 16.8 Å². The number of hydrogen-bond donors (Lipinski definition) is 0. The molecule has 1 aromatic heterocycles. The van der Waals surface area contributed by atoms with Crippen molar-refractivity contribution < 1.29 is 14.3 Å². The number of ether oxygens (including phenoxy) is 2. The van der Waals surface area contributed by atoms with E-state index >= 15 is 0 Å². The van der Waals surface area contributed by atoms with E-state index in [1.807, 2.05) is 12.3 Å². The number of nitrogens with zero attached hydrogens (tertiary/aromatic N) is 3. The van der Waals surface area contributed by atoms with Crippen LogP contribution >= 0.6 is 0 Å². The molecule has 6 rings (SSSR count). The van der Waals surface area contributed by atoms with E-state index < -0.39 is 0 Å². The van der Waals surface area contributed by atoms with E-state index in [4.69, 9.17) is 14.5 Å². The minimum atomic E-state index is 0.0420. The van der Waals surface area contributed by atoms with E-state index in [1.54, 1.807) is 0 Å². The lowest BCUT2D eigenvalue weighted by Crippen LogP contribution is -2.40. The van der Waals surface area contributed by atoms with Gasteiger partial charge in [-0.1, -0.05) is 30.3 Å². The minimum Gasteiger partial charge on any atom is -0.474 e. The number of likely N-dealkylation sites (tertiary alicyclic amines) is 1. The first kappa shape index (κ1) is 20.8. The van der Waals surface area contributed by atoms with Crippen LogP contribution in [0.5, 0.6) is 5.88 Å². The van der Waals surface area contributed by atoms with Crippen molar-refractivity contribution in [3.8, 4) is 5.88 Å². The Morgan fingerprint density at radius 1 is 1.09 bits per heavy atom. The van der Waals surface area contributed by atoms with Crippen LogP contribution in [0.25, 0.3) is 0 Å². The number of hydrogen-bond acceptors (Lipinski definition) is 5. The predicted octanol–water partition coefficient (Wildman–Crippen LogP) is 3.98. The number of carbonyl (C=O) groups is 1. The zero-order valence-corrected chi connectivity index (χ0v) is 19.0. The molecule has 1 saturated carbocycles. The second-order valence-electron chi connectivity index (χ2n) is 9.76. The summed E-state index contributed by atoms with van der Waals surface area (Å²) in [6.07, 6.45) is 6.84. The average Bonchev–Trinajstić information content (AvgIpc) is 3.55. The highest BCUT2D eigenvalue weighted by molar-refractivity contribution is 6.10. The third-order valence-electron chi connectivity index (χ3n) is 7.59. The molecule has 2 saturated heterocycles. The predicted molar refractivity (Wildman–Crippen MR) is 126 cm³/mol. The van der Waals surface area contributed by atoms with E-state index in [1.165, 1.54) is 11.1 Å². The number of carbonyl (C=O) groups excluding carboxylic acids is 1. The summed E-state index contributed by atoms with van der Waals surface area (Å²) in [5.74, 6) is 1.66. The van der Waals surface area contributed by atoms with Gasteiger partial charge in [0.25, 0.3) is 0 Å². The molecule has 0 N–H and O–H groups in total. The van der Waals surface area contributed by atoms with Crippen molar-refractivity contribution in [3.05, 3.63) is 59.3 Å². The largest absolute Gasteiger partial charge is 0.474 e. The van der Waals surface area contributed by atoms with Crippen LogP contribution in [-0.4, -0.2) is 53.9 Å². The Morgan fingerprint density at radius 2 is 1.94 bits per heavy atom. The normalized spacial score (nSPS) is 27.1. The number of amides is 1. The minimum absolute atomic E-state index is 0.0420. The number of benzene rings is 1. The third-order valence-corrected chi connectivity index (χ3v) is 7.59. The molecule has 6 heteroatoms. The second-order valence-corrected chi connectivity index (χ2v) is 9.76. The molecule has 0 spiro atoms. The van der Waals surface area contributed by atoms with Crippen LogP contribution < -0.4 is 4.74 Å². The standard InChI is InChI=1S/C27H31N3O3/c31-27(30-12-4-7-20(17-30)18-5-2-1-3-6-18)23-15-22(23)25-24-19(16-29-25)8-11-28-26(24)33-21-9-13-32-14-10-21/h1-3,5-6,8,11,20-23H,4,7,9-10,12-17H2/t20-,22?,23?/m0/s1. The Labute approximate surface area is 195 Å². The van der Waals surface area contributed by atoms with Crippen molar-refractivity contribution in [1.29, 1.82) is 0 Å². The summed E-state index contributed by atoms with van der Waals surface area (Å²) in [6.45, 7) is 3.83. The van der Waals surface area contributed by atoms with Crippen LogP contribution in [0.1, 0.15) is 54.7 Å². The summed E-state index contributed by atoms with van der Waals surface area (Å²) in [7, 11) is 0. The van der Waals surface area contributed by atoms with E-state index in [0.29, 0.717) is 24.2 Å². The third kappa shape index (κ3) is 4.17. The van der Waals surface area contributed by atoms with Gasteiger partial charge in [-0.15, -0.1) is 0 Å². The maximum Gasteiger partial charge on any atom is 0.226 e. The van der Waals surface area contributed by atoms with Crippen LogP contribution in [0.3, 0.4) is 0 Å². The molecule has 2 aromatic rings. The van der Waals surface area contributed by atoms with Gasteiger partial charge in [-0.25, -0.2) is 4.98 Å². The molecular formula is C27H31N3O3. The molecule has 0 radical (unpaired) electrons. The van der Waals surface area contributed by atoms with Crippen LogP contribution in [0, 0.1) is 11.8 Å². The van der Waals surface area contributed by atoms with Crippen LogP contribution in [0.2, 0.25) is 0 Å². The van der Waals surface area contributed by atoms with Gasteiger partial charge in [-0.3, -0.25) is 9.79 Å². The number of fused-ring (bicyclic) bond motifs is 1. The highest BCUT2D eigenvalue weighted by atomic mass is 16.5. The lowest BCUT2D eigenvalue weighted by atomic mass is 9.90. The van der Waals surface area contributed by atoms with Crippen molar-refractivity contribution >= 4 is 11.6 Å². The quantitative estimate of drug-likeness (QED) is 0.698. The maximum atomic E-state index is 13.4.